The third-order valence-corrected chi connectivity index (χ3v) is 3.23. The van der Waals surface area contributed by atoms with Crippen molar-refractivity contribution in [2.45, 2.75) is 26.5 Å². The van der Waals surface area contributed by atoms with Crippen LogP contribution in [0.1, 0.15) is 24.5 Å². The van der Waals surface area contributed by atoms with E-state index < -0.39 is 5.82 Å². The number of ether oxygens (including phenoxy) is 2. The van der Waals surface area contributed by atoms with Crippen LogP contribution in [0, 0.1) is 5.82 Å². The molecule has 0 amide bonds. The number of halogens is 2. The molecule has 0 heterocycles. The first-order chi connectivity index (χ1) is 11.7. The summed E-state index contributed by atoms with van der Waals surface area (Å²) in [6, 6.07) is 4.66. The number of nitrogens with one attached hydrogen (secondary N) is 2. The molecule has 0 aliphatic carbocycles. The van der Waals surface area contributed by atoms with E-state index in [0.29, 0.717) is 32.3 Å². The Kier molecular flexibility index (Phi) is 14.7. The van der Waals surface area contributed by atoms with Crippen molar-refractivity contribution in [1.29, 1.82) is 0 Å². The Hall–Kier alpha value is -0.970. The first-order valence-corrected chi connectivity index (χ1v) is 8.18. The van der Waals surface area contributed by atoms with Crippen LogP contribution < -0.4 is 10.6 Å². The Labute approximate surface area is 166 Å². The fourth-order valence-corrected chi connectivity index (χ4v) is 1.99. The van der Waals surface area contributed by atoms with Crippen molar-refractivity contribution < 1.29 is 19.0 Å². The lowest BCUT2D eigenvalue weighted by molar-refractivity contribution is 0.0698. The zero-order chi connectivity index (χ0) is 17.6. The molecule has 8 heteroatoms. The smallest absolute Gasteiger partial charge is 0.191 e. The highest BCUT2D eigenvalue weighted by Gasteiger charge is 2.03. The topological polar surface area (TPSA) is 75.1 Å². The maximum Gasteiger partial charge on any atom is 0.191 e. The van der Waals surface area contributed by atoms with E-state index in [2.05, 4.69) is 15.6 Å². The molecule has 0 radical (unpaired) electrons. The van der Waals surface area contributed by atoms with Gasteiger partial charge < -0.3 is 25.2 Å². The van der Waals surface area contributed by atoms with Crippen LogP contribution in [0.15, 0.2) is 23.2 Å². The molecule has 0 fully saturated rings. The van der Waals surface area contributed by atoms with Gasteiger partial charge >= 0.3 is 0 Å². The summed E-state index contributed by atoms with van der Waals surface area (Å²) < 4.78 is 23.7. The number of aliphatic imine (C=N–C) groups is 1. The van der Waals surface area contributed by atoms with Gasteiger partial charge in [0.05, 0.1) is 26.4 Å². The molecule has 25 heavy (non-hydrogen) atoms. The summed E-state index contributed by atoms with van der Waals surface area (Å²) in [6.45, 7) is 5.44. The lowest BCUT2D eigenvalue weighted by atomic mass is 10.1. The number of aliphatic hydroxyl groups excluding tert-OH is 1. The van der Waals surface area contributed by atoms with E-state index >= 15 is 0 Å². The number of guanidine groups is 1. The molecule has 0 atom stereocenters. The molecule has 0 spiro atoms. The van der Waals surface area contributed by atoms with Gasteiger partial charge in [0.2, 0.25) is 0 Å². The number of methoxy groups -OCH3 is 1. The Bertz CT molecular complexity index is 504. The number of hydrogen-bond donors (Lipinski definition) is 3. The molecule has 1 aromatic carbocycles. The fraction of sp³-hybridized carbons (Fsp3) is 0.588. The third kappa shape index (κ3) is 10.6. The van der Waals surface area contributed by atoms with Gasteiger partial charge in [-0.15, -0.1) is 24.0 Å². The molecule has 0 bridgehead atoms. The third-order valence-electron chi connectivity index (χ3n) is 3.23. The van der Waals surface area contributed by atoms with Crippen LogP contribution in [0.3, 0.4) is 0 Å². The van der Waals surface area contributed by atoms with E-state index in [4.69, 9.17) is 14.6 Å². The van der Waals surface area contributed by atoms with Crippen LogP contribution in [0.25, 0.3) is 0 Å². The minimum absolute atomic E-state index is 0. The number of hydrogen-bond acceptors (Lipinski definition) is 4. The Morgan fingerprint density at radius 1 is 1.24 bits per heavy atom. The van der Waals surface area contributed by atoms with Crippen molar-refractivity contribution in [1.82, 2.24) is 10.6 Å². The van der Waals surface area contributed by atoms with Gasteiger partial charge in [0, 0.05) is 32.4 Å². The van der Waals surface area contributed by atoms with Gasteiger partial charge in [-0.1, -0.05) is 6.07 Å². The summed E-state index contributed by atoms with van der Waals surface area (Å²) in [5, 5.41) is 15.5. The van der Waals surface area contributed by atoms with Gasteiger partial charge in [-0.05, 0) is 31.0 Å². The maximum absolute atomic E-state index is 13.4. The second-order valence-corrected chi connectivity index (χ2v) is 5.16. The minimum Gasteiger partial charge on any atom is -0.392 e. The molecule has 0 saturated carbocycles. The van der Waals surface area contributed by atoms with Crippen molar-refractivity contribution in [3.8, 4) is 0 Å². The minimum atomic E-state index is -0.399. The fourth-order valence-electron chi connectivity index (χ4n) is 1.99. The molecular weight excluding hydrogens is 440 g/mol. The average Bonchev–Trinajstić information content (AvgIpc) is 2.59. The zero-order valence-electron chi connectivity index (χ0n) is 14.9. The van der Waals surface area contributed by atoms with Crippen LogP contribution in [-0.2, 0) is 22.6 Å². The van der Waals surface area contributed by atoms with E-state index in [9.17, 15) is 4.39 Å². The van der Waals surface area contributed by atoms with Crippen LogP contribution >= 0.6 is 24.0 Å². The Morgan fingerprint density at radius 3 is 2.72 bits per heavy atom. The summed E-state index contributed by atoms with van der Waals surface area (Å²) in [7, 11) is 1.65. The van der Waals surface area contributed by atoms with Gasteiger partial charge in [0.15, 0.2) is 5.96 Å². The zero-order valence-corrected chi connectivity index (χ0v) is 17.2. The van der Waals surface area contributed by atoms with Crippen molar-refractivity contribution >= 4 is 29.9 Å². The molecule has 0 saturated heterocycles. The van der Waals surface area contributed by atoms with Gasteiger partial charge in [0.1, 0.15) is 5.82 Å². The van der Waals surface area contributed by atoms with Crippen molar-refractivity contribution in [3.05, 3.63) is 35.1 Å². The summed E-state index contributed by atoms with van der Waals surface area (Å²) in [5.41, 5.74) is 1.13. The van der Waals surface area contributed by atoms with E-state index in [1.54, 1.807) is 19.2 Å². The Balaban J connectivity index is 0.00000576. The molecule has 1 rings (SSSR count). The average molecular weight is 469 g/mol. The SMILES string of the molecule is CCNC(=NCc1ccc(F)c(CO)c1)NCCCOCCOC.I. The van der Waals surface area contributed by atoms with Crippen molar-refractivity contribution in [2.75, 3.05) is 40.0 Å². The Morgan fingerprint density at radius 2 is 2.04 bits per heavy atom. The molecular formula is C17H29FIN3O3. The van der Waals surface area contributed by atoms with Crippen LogP contribution in [0.4, 0.5) is 4.39 Å². The molecule has 0 aliphatic rings. The number of benzene rings is 1. The highest BCUT2D eigenvalue weighted by molar-refractivity contribution is 14.0. The first-order valence-electron chi connectivity index (χ1n) is 8.18. The van der Waals surface area contributed by atoms with Gasteiger partial charge in [0.25, 0.3) is 0 Å². The van der Waals surface area contributed by atoms with E-state index in [-0.39, 0.29) is 36.1 Å². The molecule has 144 valence electrons. The van der Waals surface area contributed by atoms with Crippen LogP contribution in [-0.4, -0.2) is 51.1 Å². The summed E-state index contributed by atoms with van der Waals surface area (Å²) in [4.78, 5) is 4.47. The highest BCUT2D eigenvalue weighted by Crippen LogP contribution is 2.11. The second-order valence-electron chi connectivity index (χ2n) is 5.16. The quantitative estimate of drug-likeness (QED) is 0.200. The van der Waals surface area contributed by atoms with Gasteiger partial charge in [-0.2, -0.15) is 0 Å². The maximum atomic E-state index is 13.4. The van der Waals surface area contributed by atoms with E-state index in [1.165, 1.54) is 6.07 Å². The summed E-state index contributed by atoms with van der Waals surface area (Å²) >= 11 is 0. The normalized spacial score (nSPS) is 11.1. The highest BCUT2D eigenvalue weighted by atomic mass is 127. The number of rotatable bonds is 11. The van der Waals surface area contributed by atoms with Gasteiger partial charge in [-0.3, -0.25) is 0 Å². The van der Waals surface area contributed by atoms with Crippen molar-refractivity contribution in [3.63, 3.8) is 0 Å². The summed E-state index contributed by atoms with van der Waals surface area (Å²) in [5.74, 6) is 0.299. The molecule has 0 aliphatic heterocycles. The predicted octanol–water partition coefficient (Wildman–Crippen LogP) is 2.04. The molecule has 1 aromatic rings. The van der Waals surface area contributed by atoms with E-state index in [1.807, 2.05) is 6.92 Å². The monoisotopic (exact) mass is 469 g/mol. The number of aliphatic hydroxyl groups is 1. The van der Waals surface area contributed by atoms with Gasteiger partial charge in [-0.25, -0.2) is 9.38 Å². The predicted molar refractivity (Wildman–Crippen MR) is 108 cm³/mol. The van der Waals surface area contributed by atoms with Crippen LogP contribution in [0.5, 0.6) is 0 Å². The molecule has 0 aromatic heterocycles. The summed E-state index contributed by atoms with van der Waals surface area (Å²) in [6.07, 6.45) is 0.860. The number of nitrogens with zero attached hydrogens (tertiary/aromatic N) is 1. The molecule has 0 unspecified atom stereocenters. The largest absolute Gasteiger partial charge is 0.392 e. The van der Waals surface area contributed by atoms with Crippen molar-refractivity contribution in [2.24, 2.45) is 4.99 Å². The van der Waals surface area contributed by atoms with Crippen LogP contribution in [0.2, 0.25) is 0 Å². The van der Waals surface area contributed by atoms with E-state index in [0.717, 1.165) is 25.1 Å². The lowest BCUT2D eigenvalue weighted by Crippen LogP contribution is -2.38. The first kappa shape index (κ1) is 24.0. The lowest BCUT2D eigenvalue weighted by Gasteiger charge is -2.11. The molecule has 6 nitrogen and oxygen atoms in total. The molecule has 3 N–H and O–H groups in total. The second kappa shape index (κ2) is 15.3. The standard InChI is InChI=1S/C17H28FN3O3.HI/c1-3-19-17(20-7-4-8-24-10-9-23-2)21-12-14-5-6-16(18)15(11-14)13-22;/h5-6,11,22H,3-4,7-10,12-13H2,1-2H3,(H2,19,20,21);1H.